The van der Waals surface area contributed by atoms with Gasteiger partial charge in [0.1, 0.15) is 0 Å². The standard InChI is InChI=1S/C16H12N2O4S/c17-9-5-6-15(23(18,21)22)12(7-9)13-8-14(19)10-3-1-2-4-11(10)16(13)20/h1-8H,17H2,(H2,18,21,22). The van der Waals surface area contributed by atoms with E-state index in [1.54, 1.807) is 18.2 Å². The average Bonchev–Trinajstić information content (AvgIpc) is 2.49. The molecule has 0 atom stereocenters. The lowest BCUT2D eigenvalue weighted by Crippen LogP contribution is -2.20. The molecule has 0 aromatic heterocycles. The number of carbonyl (C=O) groups excluding carboxylic acids is 2. The van der Waals surface area contributed by atoms with Crippen molar-refractivity contribution in [1.82, 2.24) is 0 Å². The number of ketones is 2. The molecule has 0 saturated heterocycles. The van der Waals surface area contributed by atoms with Gasteiger partial charge in [-0.3, -0.25) is 9.59 Å². The molecule has 6 nitrogen and oxygen atoms in total. The Morgan fingerprint density at radius 3 is 2.17 bits per heavy atom. The number of benzene rings is 2. The number of primary sulfonamides is 1. The van der Waals surface area contributed by atoms with E-state index in [4.69, 9.17) is 10.9 Å². The Balaban J connectivity index is 2.27. The van der Waals surface area contributed by atoms with Crippen LogP contribution in [-0.4, -0.2) is 20.0 Å². The summed E-state index contributed by atoms with van der Waals surface area (Å²) >= 11 is 0. The van der Waals surface area contributed by atoms with Crippen LogP contribution in [0.5, 0.6) is 0 Å². The average molecular weight is 328 g/mol. The largest absolute Gasteiger partial charge is 0.399 e. The van der Waals surface area contributed by atoms with E-state index >= 15 is 0 Å². The molecule has 1 aliphatic carbocycles. The summed E-state index contributed by atoms with van der Waals surface area (Å²) in [5.74, 6) is -0.825. The Morgan fingerprint density at radius 1 is 0.870 bits per heavy atom. The maximum absolute atomic E-state index is 12.7. The highest BCUT2D eigenvalue weighted by Gasteiger charge is 2.29. The highest BCUT2D eigenvalue weighted by atomic mass is 32.2. The minimum absolute atomic E-state index is 0.0281. The Bertz CT molecular complexity index is 991. The van der Waals surface area contributed by atoms with Crippen molar-refractivity contribution in [2.75, 3.05) is 5.73 Å². The van der Waals surface area contributed by atoms with E-state index < -0.39 is 15.8 Å². The Kier molecular flexibility index (Phi) is 3.39. The molecule has 0 spiro atoms. The summed E-state index contributed by atoms with van der Waals surface area (Å²) in [7, 11) is -4.08. The van der Waals surface area contributed by atoms with Gasteiger partial charge >= 0.3 is 0 Å². The number of fused-ring (bicyclic) bond motifs is 1. The van der Waals surface area contributed by atoms with Crippen LogP contribution in [0, 0.1) is 0 Å². The fraction of sp³-hybridized carbons (Fsp3) is 0. The topological polar surface area (TPSA) is 120 Å². The lowest BCUT2D eigenvalue weighted by molar-refractivity contribution is 0.100. The van der Waals surface area contributed by atoms with Gasteiger partial charge < -0.3 is 5.73 Å². The predicted molar refractivity (Wildman–Crippen MR) is 85.3 cm³/mol. The zero-order valence-electron chi connectivity index (χ0n) is 11.8. The fourth-order valence-electron chi connectivity index (χ4n) is 2.52. The number of rotatable bonds is 2. The summed E-state index contributed by atoms with van der Waals surface area (Å²) in [5, 5.41) is 5.20. The van der Waals surface area contributed by atoms with E-state index in [0.29, 0.717) is 0 Å². The minimum atomic E-state index is -4.08. The molecular formula is C16H12N2O4S. The molecule has 0 amide bonds. The normalized spacial score (nSPS) is 14.4. The van der Waals surface area contributed by atoms with Crippen LogP contribution in [0.2, 0.25) is 0 Å². The van der Waals surface area contributed by atoms with E-state index in [1.165, 1.54) is 24.3 Å². The lowest BCUT2D eigenvalue weighted by Gasteiger charge is -2.17. The molecule has 23 heavy (non-hydrogen) atoms. The summed E-state index contributed by atoms with van der Waals surface area (Å²) in [6, 6.07) is 10.3. The molecule has 7 heteroatoms. The van der Waals surface area contributed by atoms with Gasteiger partial charge in [-0.25, -0.2) is 13.6 Å². The molecule has 4 N–H and O–H groups in total. The molecule has 0 bridgehead atoms. The molecule has 0 aliphatic heterocycles. The summed E-state index contributed by atoms with van der Waals surface area (Å²) < 4.78 is 23.5. The van der Waals surface area contributed by atoms with Gasteiger partial charge in [0.05, 0.1) is 4.90 Å². The number of nitrogens with two attached hydrogens (primary N) is 2. The van der Waals surface area contributed by atoms with Crippen LogP contribution in [0.3, 0.4) is 0 Å². The number of Topliss-reactive ketones (excluding diaryl/α,β-unsaturated/α-hetero) is 1. The third-order valence-electron chi connectivity index (χ3n) is 3.56. The van der Waals surface area contributed by atoms with Gasteiger partial charge in [-0.1, -0.05) is 24.3 Å². The number of anilines is 1. The number of allylic oxidation sites excluding steroid dienone is 2. The predicted octanol–water partition coefficient (Wildman–Crippen LogP) is 1.38. The molecule has 0 fully saturated rings. The third kappa shape index (κ3) is 2.56. The van der Waals surface area contributed by atoms with Crippen molar-refractivity contribution >= 4 is 32.9 Å². The zero-order valence-corrected chi connectivity index (χ0v) is 12.6. The van der Waals surface area contributed by atoms with Gasteiger partial charge in [0.15, 0.2) is 11.6 Å². The molecule has 2 aromatic rings. The number of sulfonamides is 1. The Hall–Kier alpha value is -2.77. The lowest BCUT2D eigenvalue weighted by atomic mass is 9.86. The van der Waals surface area contributed by atoms with E-state index in [0.717, 1.165) is 6.08 Å². The van der Waals surface area contributed by atoms with Crippen LogP contribution in [0.25, 0.3) is 5.57 Å². The smallest absolute Gasteiger partial charge is 0.238 e. The van der Waals surface area contributed by atoms with Crippen LogP contribution in [0.4, 0.5) is 5.69 Å². The first-order valence-corrected chi connectivity index (χ1v) is 8.16. The minimum Gasteiger partial charge on any atom is -0.399 e. The van der Waals surface area contributed by atoms with E-state index in [9.17, 15) is 18.0 Å². The van der Waals surface area contributed by atoms with E-state index in [2.05, 4.69) is 0 Å². The first-order chi connectivity index (χ1) is 10.8. The first kappa shape index (κ1) is 15.1. The second-order valence-corrected chi connectivity index (χ2v) is 6.63. The van der Waals surface area contributed by atoms with Crippen LogP contribution < -0.4 is 10.9 Å². The Morgan fingerprint density at radius 2 is 1.52 bits per heavy atom. The first-order valence-electron chi connectivity index (χ1n) is 6.61. The van der Waals surface area contributed by atoms with Crippen LogP contribution >= 0.6 is 0 Å². The highest BCUT2D eigenvalue weighted by molar-refractivity contribution is 7.89. The van der Waals surface area contributed by atoms with Crippen molar-refractivity contribution in [3.8, 4) is 0 Å². The number of nitrogen functional groups attached to an aromatic ring is 1. The molecule has 0 radical (unpaired) electrons. The van der Waals surface area contributed by atoms with Gasteiger partial charge in [-0.05, 0) is 24.3 Å². The quantitative estimate of drug-likeness (QED) is 0.807. The summed E-state index contributed by atoms with van der Waals surface area (Å²) in [6.45, 7) is 0. The summed E-state index contributed by atoms with van der Waals surface area (Å²) in [4.78, 5) is 24.6. The van der Waals surface area contributed by atoms with Crippen molar-refractivity contribution in [2.45, 2.75) is 4.90 Å². The van der Waals surface area contributed by atoms with Crippen LogP contribution in [0.15, 0.2) is 53.4 Å². The molecule has 2 aromatic carbocycles. The second kappa shape index (κ2) is 5.15. The van der Waals surface area contributed by atoms with Crippen molar-refractivity contribution in [1.29, 1.82) is 0 Å². The van der Waals surface area contributed by atoms with Crippen LogP contribution in [-0.2, 0) is 10.0 Å². The number of carbonyl (C=O) groups is 2. The Labute approximate surface area is 132 Å². The van der Waals surface area contributed by atoms with E-state index in [1.807, 2.05) is 0 Å². The third-order valence-corrected chi connectivity index (χ3v) is 4.53. The number of hydrogen-bond acceptors (Lipinski definition) is 5. The molecule has 0 unspecified atom stereocenters. The summed E-state index contributed by atoms with van der Waals surface area (Å²) in [6.07, 6.45) is 1.12. The van der Waals surface area contributed by atoms with Gasteiger partial charge in [0.25, 0.3) is 0 Å². The van der Waals surface area contributed by atoms with Gasteiger partial charge in [-0.15, -0.1) is 0 Å². The van der Waals surface area contributed by atoms with E-state index in [-0.39, 0.29) is 38.6 Å². The van der Waals surface area contributed by atoms with Gasteiger partial charge in [-0.2, -0.15) is 0 Å². The molecule has 0 saturated carbocycles. The van der Waals surface area contributed by atoms with Crippen molar-refractivity contribution < 1.29 is 18.0 Å². The highest BCUT2D eigenvalue weighted by Crippen LogP contribution is 2.32. The zero-order chi connectivity index (χ0) is 16.8. The molecule has 116 valence electrons. The molecule has 1 aliphatic rings. The molecular weight excluding hydrogens is 316 g/mol. The van der Waals surface area contributed by atoms with Crippen molar-refractivity contribution in [2.24, 2.45) is 5.14 Å². The maximum Gasteiger partial charge on any atom is 0.238 e. The number of hydrogen-bond donors (Lipinski definition) is 2. The molecule has 3 rings (SSSR count). The summed E-state index contributed by atoms with van der Waals surface area (Å²) in [5.41, 5.74) is 6.44. The SMILES string of the molecule is Nc1ccc(S(N)(=O)=O)c(C2=CC(=O)c3ccccc3C2=O)c1. The second-order valence-electron chi connectivity index (χ2n) is 5.10. The molecule has 0 heterocycles. The van der Waals surface area contributed by atoms with Crippen molar-refractivity contribution in [3.05, 3.63) is 65.2 Å². The van der Waals surface area contributed by atoms with Gasteiger partial charge in [0.2, 0.25) is 10.0 Å². The maximum atomic E-state index is 12.7. The monoisotopic (exact) mass is 328 g/mol. The van der Waals surface area contributed by atoms with Crippen LogP contribution in [0.1, 0.15) is 26.3 Å². The fourth-order valence-corrected chi connectivity index (χ4v) is 3.25. The van der Waals surface area contributed by atoms with Gasteiger partial charge in [0, 0.05) is 28.0 Å². The van der Waals surface area contributed by atoms with Crippen molar-refractivity contribution in [3.63, 3.8) is 0 Å².